The van der Waals surface area contributed by atoms with Gasteiger partial charge < -0.3 is 10.2 Å². The van der Waals surface area contributed by atoms with Gasteiger partial charge in [-0.25, -0.2) is 9.97 Å². The van der Waals surface area contributed by atoms with Gasteiger partial charge in [0.05, 0.1) is 0 Å². The predicted molar refractivity (Wildman–Crippen MR) is 117 cm³/mol. The third-order valence-corrected chi connectivity index (χ3v) is 3.99. The van der Waals surface area contributed by atoms with Crippen molar-refractivity contribution in [3.8, 4) is 0 Å². The molecule has 1 N–H and O–H groups in total. The number of hydrogen-bond acceptors (Lipinski definition) is 4. The summed E-state index contributed by atoms with van der Waals surface area (Å²) >= 11 is 0. The number of nitrogens with one attached hydrogen (secondary N) is 1. The van der Waals surface area contributed by atoms with Crippen LogP contribution in [0.3, 0.4) is 0 Å². The maximum absolute atomic E-state index is 4.23. The number of aromatic nitrogens is 2. The van der Waals surface area contributed by atoms with Crippen LogP contribution in [0.2, 0.25) is 0 Å². The summed E-state index contributed by atoms with van der Waals surface area (Å²) in [6.45, 7) is 14.6. The van der Waals surface area contributed by atoms with E-state index < -0.39 is 0 Å². The largest absolute Gasteiger partial charge is 0.359 e. The van der Waals surface area contributed by atoms with Gasteiger partial charge in [-0.05, 0) is 37.8 Å². The number of anilines is 1. The molecule has 146 valence electrons. The van der Waals surface area contributed by atoms with Crippen molar-refractivity contribution in [1.82, 2.24) is 15.3 Å². The first-order valence-electron chi connectivity index (χ1n) is 9.84. The Balaban J connectivity index is 0.000000271. The molecule has 0 spiro atoms. The van der Waals surface area contributed by atoms with Crippen molar-refractivity contribution >= 4 is 11.6 Å². The van der Waals surface area contributed by atoms with E-state index in [2.05, 4.69) is 65.7 Å². The Labute approximate surface area is 165 Å². The maximum atomic E-state index is 4.23. The van der Waals surface area contributed by atoms with Crippen LogP contribution in [0, 0.1) is 0 Å². The number of rotatable bonds is 9. The summed E-state index contributed by atoms with van der Waals surface area (Å²) in [6, 6.07) is 12.0. The van der Waals surface area contributed by atoms with E-state index in [4.69, 9.17) is 0 Å². The Kier molecular flexibility index (Phi) is 11.3. The molecule has 1 aromatic carbocycles. The van der Waals surface area contributed by atoms with Gasteiger partial charge in [-0.3, -0.25) is 0 Å². The zero-order valence-electron chi connectivity index (χ0n) is 17.3. The normalized spacial score (nSPS) is 10.6. The summed E-state index contributed by atoms with van der Waals surface area (Å²) in [5.41, 5.74) is 3.31. The van der Waals surface area contributed by atoms with Crippen molar-refractivity contribution in [1.29, 1.82) is 0 Å². The summed E-state index contributed by atoms with van der Waals surface area (Å²) in [6.07, 6.45) is 8.94. The summed E-state index contributed by atoms with van der Waals surface area (Å²) < 4.78 is 0. The highest BCUT2D eigenvalue weighted by Crippen LogP contribution is 2.11. The molecule has 4 heteroatoms. The fourth-order valence-corrected chi connectivity index (χ4v) is 2.58. The van der Waals surface area contributed by atoms with Gasteiger partial charge in [-0.2, -0.15) is 0 Å². The zero-order valence-corrected chi connectivity index (χ0v) is 17.3. The number of allylic oxidation sites excluding steroid dienone is 2. The minimum absolute atomic E-state index is 0.853. The Morgan fingerprint density at radius 2 is 1.59 bits per heavy atom. The summed E-state index contributed by atoms with van der Waals surface area (Å²) in [4.78, 5) is 10.7. The van der Waals surface area contributed by atoms with Crippen LogP contribution >= 0.6 is 0 Å². The van der Waals surface area contributed by atoms with Crippen molar-refractivity contribution < 1.29 is 0 Å². The molecular formula is C23H34N4. The van der Waals surface area contributed by atoms with Crippen LogP contribution in [0.1, 0.15) is 52.5 Å². The molecule has 0 unspecified atom stereocenters. The Hall–Kier alpha value is -2.62. The lowest BCUT2D eigenvalue weighted by Crippen LogP contribution is -2.26. The molecule has 4 nitrogen and oxygen atoms in total. The van der Waals surface area contributed by atoms with Crippen LogP contribution in [0.15, 0.2) is 67.1 Å². The van der Waals surface area contributed by atoms with E-state index in [1.54, 1.807) is 12.4 Å². The Morgan fingerprint density at radius 3 is 2.07 bits per heavy atom. The van der Waals surface area contributed by atoms with E-state index in [0.29, 0.717) is 0 Å². The van der Waals surface area contributed by atoms with Gasteiger partial charge in [0.2, 0.25) is 5.95 Å². The lowest BCUT2D eigenvalue weighted by molar-refractivity contribution is 0.721. The molecule has 0 saturated carbocycles. The van der Waals surface area contributed by atoms with Crippen molar-refractivity contribution in [2.45, 2.75) is 47.0 Å². The smallest absolute Gasteiger partial charge is 0.225 e. The second kappa shape index (κ2) is 13.6. The lowest BCUT2D eigenvalue weighted by atomic mass is 10.1. The second-order valence-electron chi connectivity index (χ2n) is 6.17. The summed E-state index contributed by atoms with van der Waals surface area (Å²) in [5.74, 6) is 0.853. The average molecular weight is 367 g/mol. The fourth-order valence-electron chi connectivity index (χ4n) is 2.58. The molecule has 0 radical (unpaired) electrons. The highest BCUT2D eigenvalue weighted by Gasteiger charge is 2.05. The van der Waals surface area contributed by atoms with Gasteiger partial charge in [0.15, 0.2) is 0 Å². The summed E-state index contributed by atoms with van der Waals surface area (Å²) in [7, 11) is 0. The van der Waals surface area contributed by atoms with Crippen molar-refractivity contribution in [2.24, 2.45) is 0 Å². The highest BCUT2D eigenvalue weighted by atomic mass is 15.2. The maximum Gasteiger partial charge on any atom is 0.225 e. The van der Waals surface area contributed by atoms with E-state index in [9.17, 15) is 0 Å². The van der Waals surface area contributed by atoms with Gasteiger partial charge in [0.1, 0.15) is 0 Å². The molecule has 0 fully saturated rings. The van der Waals surface area contributed by atoms with Crippen LogP contribution in [-0.4, -0.2) is 23.1 Å². The van der Waals surface area contributed by atoms with Crippen LogP contribution in [0.25, 0.3) is 5.70 Å². The minimum Gasteiger partial charge on any atom is -0.359 e. The monoisotopic (exact) mass is 366 g/mol. The molecule has 0 aliphatic carbocycles. The molecule has 2 aromatic rings. The van der Waals surface area contributed by atoms with E-state index >= 15 is 0 Å². The molecule has 1 heterocycles. The van der Waals surface area contributed by atoms with Crippen molar-refractivity contribution in [3.63, 3.8) is 0 Å². The summed E-state index contributed by atoms with van der Waals surface area (Å²) in [5, 5.41) is 3.30. The molecule has 0 saturated heterocycles. The first kappa shape index (κ1) is 22.4. The van der Waals surface area contributed by atoms with Gasteiger partial charge in [0, 0.05) is 36.9 Å². The first-order valence-corrected chi connectivity index (χ1v) is 9.84. The molecular weight excluding hydrogens is 332 g/mol. The average Bonchev–Trinajstić information content (AvgIpc) is 2.73. The van der Waals surface area contributed by atoms with Gasteiger partial charge in [0.25, 0.3) is 0 Å². The third kappa shape index (κ3) is 8.54. The molecule has 0 aliphatic rings. The van der Waals surface area contributed by atoms with Crippen molar-refractivity contribution in [2.75, 3.05) is 18.0 Å². The quantitative estimate of drug-likeness (QED) is 0.621. The van der Waals surface area contributed by atoms with Crippen LogP contribution in [0.5, 0.6) is 0 Å². The van der Waals surface area contributed by atoms with Crippen LogP contribution in [0.4, 0.5) is 5.95 Å². The Morgan fingerprint density at radius 1 is 1.00 bits per heavy atom. The second-order valence-corrected chi connectivity index (χ2v) is 6.17. The first-order chi connectivity index (χ1) is 13.2. The van der Waals surface area contributed by atoms with E-state index in [-0.39, 0.29) is 0 Å². The van der Waals surface area contributed by atoms with E-state index in [0.717, 1.165) is 49.6 Å². The van der Waals surface area contributed by atoms with Gasteiger partial charge >= 0.3 is 0 Å². The molecule has 2 rings (SSSR count). The van der Waals surface area contributed by atoms with Crippen LogP contribution in [-0.2, 0) is 0 Å². The van der Waals surface area contributed by atoms with E-state index in [1.807, 2.05) is 31.2 Å². The predicted octanol–water partition coefficient (Wildman–Crippen LogP) is 5.66. The molecule has 0 bridgehead atoms. The lowest BCUT2D eigenvalue weighted by Gasteiger charge is -2.20. The molecule has 27 heavy (non-hydrogen) atoms. The van der Waals surface area contributed by atoms with Crippen LogP contribution < -0.4 is 10.2 Å². The number of hydrogen-bond donors (Lipinski definition) is 1. The van der Waals surface area contributed by atoms with Crippen molar-refractivity contribution in [3.05, 3.63) is 72.7 Å². The molecule has 0 amide bonds. The zero-order chi connectivity index (χ0) is 19.9. The third-order valence-electron chi connectivity index (χ3n) is 3.99. The fraction of sp³-hybridized carbons (Fsp3) is 0.391. The molecule has 0 aliphatic heterocycles. The SMILES string of the molecule is C=C(N/C(=C\C)CC)c1ccccc1.CCCN(CCC)c1ncccn1. The minimum atomic E-state index is 0.853. The van der Waals surface area contributed by atoms with Gasteiger partial charge in [-0.15, -0.1) is 0 Å². The Bertz CT molecular complexity index is 659. The molecule has 1 aromatic heterocycles. The highest BCUT2D eigenvalue weighted by molar-refractivity contribution is 5.62. The number of nitrogens with zero attached hydrogens (tertiary/aromatic N) is 3. The standard InChI is InChI=1S/C13H17N.C10H17N3/c1-4-13(5-2)14-11(3)12-9-7-6-8-10-12;1-3-8-13(9-4-2)10-11-6-5-7-12-10/h4,6-10,14H,3,5H2,1-2H3;5-7H,3-4,8-9H2,1-2H3/b13-4-;. The number of benzene rings is 1. The molecule has 0 atom stereocenters. The van der Waals surface area contributed by atoms with Gasteiger partial charge in [-0.1, -0.05) is 63.8 Å². The van der Waals surface area contributed by atoms with E-state index in [1.165, 1.54) is 5.70 Å². The topological polar surface area (TPSA) is 41.0 Å².